The average Bonchev–Trinajstić information content (AvgIpc) is 2.49. The number of rotatable bonds is 5. The third kappa shape index (κ3) is 3.74. The summed E-state index contributed by atoms with van der Waals surface area (Å²) in [6, 6.07) is 5.61. The number of hydrogen-bond acceptors (Lipinski definition) is 4. The SMILES string of the molecule is CCC1CN(Cc2cc(C(=O)O)ccc2OC)CCN1C. The van der Waals surface area contributed by atoms with Crippen molar-refractivity contribution in [3.63, 3.8) is 0 Å². The summed E-state index contributed by atoms with van der Waals surface area (Å²) in [6.07, 6.45) is 1.12. The highest BCUT2D eigenvalue weighted by Crippen LogP contribution is 2.23. The molecule has 0 aromatic heterocycles. The van der Waals surface area contributed by atoms with Gasteiger partial charge in [0.1, 0.15) is 5.75 Å². The van der Waals surface area contributed by atoms with E-state index in [0.717, 1.165) is 43.9 Å². The van der Waals surface area contributed by atoms with E-state index in [-0.39, 0.29) is 0 Å². The zero-order chi connectivity index (χ0) is 15.4. The van der Waals surface area contributed by atoms with Gasteiger partial charge in [-0.15, -0.1) is 0 Å². The number of carbonyl (C=O) groups is 1. The van der Waals surface area contributed by atoms with Gasteiger partial charge in [0, 0.05) is 37.8 Å². The van der Waals surface area contributed by atoms with Gasteiger partial charge in [0.2, 0.25) is 0 Å². The van der Waals surface area contributed by atoms with E-state index in [1.807, 2.05) is 0 Å². The van der Waals surface area contributed by atoms with Gasteiger partial charge in [-0.25, -0.2) is 4.79 Å². The molecule has 116 valence electrons. The highest BCUT2D eigenvalue weighted by atomic mass is 16.5. The van der Waals surface area contributed by atoms with E-state index in [9.17, 15) is 4.79 Å². The predicted molar refractivity (Wildman–Crippen MR) is 81.9 cm³/mol. The minimum absolute atomic E-state index is 0.312. The zero-order valence-electron chi connectivity index (χ0n) is 13.0. The molecule has 5 heteroatoms. The van der Waals surface area contributed by atoms with Gasteiger partial charge in [-0.3, -0.25) is 4.90 Å². The molecular weight excluding hydrogens is 268 g/mol. The van der Waals surface area contributed by atoms with Gasteiger partial charge < -0.3 is 14.7 Å². The lowest BCUT2D eigenvalue weighted by atomic mass is 10.1. The lowest BCUT2D eigenvalue weighted by molar-refractivity contribution is 0.0696. The predicted octanol–water partition coefficient (Wildman–Crippen LogP) is 1.92. The summed E-state index contributed by atoms with van der Waals surface area (Å²) >= 11 is 0. The molecule has 1 heterocycles. The Kier molecular flexibility index (Phi) is 5.20. The van der Waals surface area contributed by atoms with Crippen LogP contribution in [0.3, 0.4) is 0 Å². The normalized spacial score (nSPS) is 20.4. The van der Waals surface area contributed by atoms with Gasteiger partial charge in [0.15, 0.2) is 0 Å². The van der Waals surface area contributed by atoms with Crippen molar-refractivity contribution in [1.82, 2.24) is 9.80 Å². The minimum Gasteiger partial charge on any atom is -0.496 e. The second-order valence-electron chi connectivity index (χ2n) is 5.61. The monoisotopic (exact) mass is 292 g/mol. The van der Waals surface area contributed by atoms with E-state index < -0.39 is 5.97 Å². The third-order valence-electron chi connectivity index (χ3n) is 4.25. The number of aromatic carboxylic acids is 1. The van der Waals surface area contributed by atoms with Crippen molar-refractivity contribution in [1.29, 1.82) is 0 Å². The summed E-state index contributed by atoms with van der Waals surface area (Å²) in [5.74, 6) is -0.143. The van der Waals surface area contributed by atoms with Crippen LogP contribution < -0.4 is 4.74 Å². The molecule has 0 radical (unpaired) electrons. The molecule has 0 spiro atoms. The number of ether oxygens (including phenoxy) is 1. The van der Waals surface area contributed by atoms with Gasteiger partial charge >= 0.3 is 5.97 Å². The maximum absolute atomic E-state index is 11.1. The number of carboxylic acids is 1. The van der Waals surface area contributed by atoms with Crippen LogP contribution in [0, 0.1) is 0 Å². The van der Waals surface area contributed by atoms with Crippen LogP contribution in [0.5, 0.6) is 5.75 Å². The van der Waals surface area contributed by atoms with Gasteiger partial charge in [0.05, 0.1) is 12.7 Å². The van der Waals surface area contributed by atoms with Gasteiger partial charge in [-0.05, 0) is 31.7 Å². The molecule has 5 nitrogen and oxygen atoms in total. The van der Waals surface area contributed by atoms with E-state index in [2.05, 4.69) is 23.8 Å². The molecular formula is C16H24N2O3. The lowest BCUT2D eigenvalue weighted by Gasteiger charge is -2.39. The summed E-state index contributed by atoms with van der Waals surface area (Å²) < 4.78 is 5.37. The highest BCUT2D eigenvalue weighted by Gasteiger charge is 2.23. The van der Waals surface area contributed by atoms with E-state index in [1.165, 1.54) is 0 Å². The Balaban J connectivity index is 2.14. The highest BCUT2D eigenvalue weighted by molar-refractivity contribution is 5.88. The molecule has 1 aromatic carbocycles. The van der Waals surface area contributed by atoms with Crippen LogP contribution in [-0.2, 0) is 6.54 Å². The number of hydrogen-bond donors (Lipinski definition) is 1. The molecule has 0 amide bonds. The molecule has 1 aromatic rings. The van der Waals surface area contributed by atoms with Crippen molar-refractivity contribution < 1.29 is 14.6 Å². The number of likely N-dealkylation sites (N-methyl/N-ethyl adjacent to an activating group) is 1. The lowest BCUT2D eigenvalue weighted by Crippen LogP contribution is -2.50. The zero-order valence-corrected chi connectivity index (χ0v) is 13.0. The molecule has 0 aliphatic carbocycles. The Morgan fingerprint density at radius 3 is 2.81 bits per heavy atom. The molecule has 0 bridgehead atoms. The first-order valence-corrected chi connectivity index (χ1v) is 7.38. The van der Waals surface area contributed by atoms with Crippen LogP contribution >= 0.6 is 0 Å². The summed E-state index contributed by atoms with van der Waals surface area (Å²) in [7, 11) is 3.79. The summed E-state index contributed by atoms with van der Waals surface area (Å²) in [5, 5.41) is 9.13. The third-order valence-corrected chi connectivity index (χ3v) is 4.25. The molecule has 2 rings (SSSR count). The van der Waals surface area contributed by atoms with E-state index >= 15 is 0 Å². The van der Waals surface area contributed by atoms with Crippen LogP contribution in [0.4, 0.5) is 0 Å². The minimum atomic E-state index is -0.899. The topological polar surface area (TPSA) is 53.0 Å². The van der Waals surface area contributed by atoms with Crippen LogP contribution in [0.25, 0.3) is 0 Å². The number of carboxylic acid groups (broad SMARTS) is 1. The Bertz CT molecular complexity index is 504. The van der Waals surface area contributed by atoms with Crippen LogP contribution in [0.2, 0.25) is 0 Å². The molecule has 0 saturated carbocycles. The summed E-state index contributed by atoms with van der Waals surface area (Å²) in [4.78, 5) is 15.9. The van der Waals surface area contributed by atoms with E-state index in [1.54, 1.807) is 25.3 Å². The van der Waals surface area contributed by atoms with E-state index in [0.29, 0.717) is 11.6 Å². The largest absolute Gasteiger partial charge is 0.496 e. The summed E-state index contributed by atoms with van der Waals surface area (Å²) in [6.45, 7) is 5.98. The summed E-state index contributed by atoms with van der Waals surface area (Å²) in [5.41, 5.74) is 1.25. The van der Waals surface area contributed by atoms with Crippen molar-refractivity contribution in [2.45, 2.75) is 25.9 Å². The van der Waals surface area contributed by atoms with Gasteiger partial charge in [-0.1, -0.05) is 6.92 Å². The number of nitrogens with zero attached hydrogens (tertiary/aromatic N) is 2. The van der Waals surface area contributed by atoms with E-state index in [4.69, 9.17) is 9.84 Å². The van der Waals surface area contributed by atoms with Crippen LogP contribution in [0.1, 0.15) is 29.3 Å². The number of benzene rings is 1. The quantitative estimate of drug-likeness (QED) is 0.898. The second-order valence-corrected chi connectivity index (χ2v) is 5.61. The van der Waals surface area contributed by atoms with Crippen LogP contribution in [-0.4, -0.2) is 60.7 Å². The molecule has 1 N–H and O–H groups in total. The van der Waals surface area contributed by atoms with Crippen LogP contribution in [0.15, 0.2) is 18.2 Å². The Morgan fingerprint density at radius 1 is 1.43 bits per heavy atom. The maximum atomic E-state index is 11.1. The standard InChI is InChI=1S/C16H24N2O3/c1-4-14-11-18(8-7-17(14)2)10-13-9-12(16(19)20)5-6-15(13)21-3/h5-6,9,14H,4,7-8,10-11H2,1-3H3,(H,19,20). The first kappa shape index (κ1) is 15.8. The molecule has 1 unspecified atom stereocenters. The first-order valence-electron chi connectivity index (χ1n) is 7.38. The molecule has 21 heavy (non-hydrogen) atoms. The molecule has 1 atom stereocenters. The van der Waals surface area contributed by atoms with Gasteiger partial charge in [0.25, 0.3) is 0 Å². The maximum Gasteiger partial charge on any atom is 0.335 e. The first-order chi connectivity index (χ1) is 10.0. The van der Waals surface area contributed by atoms with Crippen molar-refractivity contribution in [3.05, 3.63) is 29.3 Å². The smallest absolute Gasteiger partial charge is 0.335 e. The molecule has 1 aliphatic heterocycles. The van der Waals surface area contributed by atoms with Gasteiger partial charge in [-0.2, -0.15) is 0 Å². The Morgan fingerprint density at radius 2 is 2.19 bits per heavy atom. The Labute approximate surface area is 126 Å². The second kappa shape index (κ2) is 6.91. The number of methoxy groups -OCH3 is 1. The molecule has 1 saturated heterocycles. The fourth-order valence-electron chi connectivity index (χ4n) is 2.87. The average molecular weight is 292 g/mol. The number of piperazine rings is 1. The van der Waals surface area contributed by atoms with Crippen molar-refractivity contribution in [3.8, 4) is 5.75 Å². The molecule has 1 fully saturated rings. The van der Waals surface area contributed by atoms with Crippen molar-refractivity contribution in [2.24, 2.45) is 0 Å². The fraction of sp³-hybridized carbons (Fsp3) is 0.562. The Hall–Kier alpha value is -1.59. The molecule has 1 aliphatic rings. The van der Waals surface area contributed by atoms with Crippen molar-refractivity contribution >= 4 is 5.97 Å². The fourth-order valence-corrected chi connectivity index (χ4v) is 2.87. The van der Waals surface area contributed by atoms with Crippen molar-refractivity contribution in [2.75, 3.05) is 33.8 Å².